The van der Waals surface area contributed by atoms with Crippen molar-refractivity contribution in [3.05, 3.63) is 119 Å². The molecule has 10 nitrogen and oxygen atoms in total. The number of rotatable bonds is 8. The molecule has 2 heterocycles. The van der Waals surface area contributed by atoms with E-state index >= 15 is 0 Å². The summed E-state index contributed by atoms with van der Waals surface area (Å²) >= 11 is 14.9. The molecule has 6 unspecified atom stereocenters. The third-order valence-electron chi connectivity index (χ3n) is 11.5. The molecule has 2 saturated heterocycles. The van der Waals surface area contributed by atoms with E-state index in [0.717, 1.165) is 28.2 Å². The van der Waals surface area contributed by atoms with E-state index in [9.17, 15) is 28.7 Å². The van der Waals surface area contributed by atoms with Gasteiger partial charge in [-0.05, 0) is 85.0 Å². The second-order valence-electron chi connectivity index (χ2n) is 14.2. The van der Waals surface area contributed by atoms with Crippen LogP contribution in [0.4, 0.5) is 15.8 Å². The van der Waals surface area contributed by atoms with Gasteiger partial charge in [0.25, 0.3) is 11.8 Å². The molecule has 4 amide bonds. The van der Waals surface area contributed by atoms with Crippen LogP contribution in [0.5, 0.6) is 23.0 Å². The summed E-state index contributed by atoms with van der Waals surface area (Å²) in [5.74, 6) is -5.36. The molecule has 4 aliphatic rings. The normalized spacial score (nSPS) is 26.9. The molecule has 4 aromatic rings. The number of fused-ring (bicyclic) bond motifs is 4. The van der Waals surface area contributed by atoms with Crippen LogP contribution in [0.15, 0.2) is 96.6 Å². The lowest BCUT2D eigenvalue weighted by Gasteiger charge is -2.50. The van der Waals surface area contributed by atoms with Gasteiger partial charge in [-0.2, -0.15) is 0 Å². The first-order valence-corrected chi connectivity index (χ1v) is 18.6. The van der Waals surface area contributed by atoms with Crippen molar-refractivity contribution in [1.82, 2.24) is 0 Å². The Bertz CT molecular complexity index is 2370. The van der Waals surface area contributed by atoms with Gasteiger partial charge in [0.15, 0.2) is 9.75 Å². The van der Waals surface area contributed by atoms with Gasteiger partial charge in [0.1, 0.15) is 28.8 Å². The molecule has 0 bridgehead atoms. The first-order valence-electron chi connectivity index (χ1n) is 17.8. The smallest absolute Gasteiger partial charge is 0.258 e. The van der Waals surface area contributed by atoms with Crippen molar-refractivity contribution in [1.29, 1.82) is 0 Å². The number of benzene rings is 4. The number of carbonyl (C=O) groups is 4. The number of aromatic hydroxyl groups is 1. The first-order chi connectivity index (χ1) is 26.9. The van der Waals surface area contributed by atoms with Gasteiger partial charge in [0.05, 0.1) is 44.5 Å². The number of carbonyl (C=O) groups excluding carboxylic acids is 4. The molecule has 13 heteroatoms. The van der Waals surface area contributed by atoms with Crippen molar-refractivity contribution < 1.29 is 42.9 Å². The lowest BCUT2D eigenvalue weighted by atomic mass is 9.56. The number of phenols is 1. The number of imide groups is 2. The Labute approximate surface area is 331 Å². The van der Waals surface area contributed by atoms with Gasteiger partial charge in [0, 0.05) is 23.1 Å². The SMILES string of the molecule is COc1ccc(OC)c(C=Cc2ccc(N3C(=O)C4CC=C5C(CC6(Cl)C(=O)N(c7ccc(F)cc7)C(=O)C6(Cl)C5c5ccc(O)cc5OC)C4C3=O)cc2)c1. The van der Waals surface area contributed by atoms with E-state index in [0.29, 0.717) is 28.3 Å². The predicted octanol–water partition coefficient (Wildman–Crippen LogP) is 7.50. The maximum absolute atomic E-state index is 14.6. The van der Waals surface area contributed by atoms with Crippen molar-refractivity contribution in [2.45, 2.75) is 28.5 Å². The molecule has 4 aromatic carbocycles. The van der Waals surface area contributed by atoms with Crippen molar-refractivity contribution in [2.24, 2.45) is 17.8 Å². The van der Waals surface area contributed by atoms with Crippen LogP contribution in [0, 0.1) is 23.6 Å². The summed E-state index contributed by atoms with van der Waals surface area (Å²) in [6.07, 6.45) is 5.48. The quantitative estimate of drug-likeness (QED) is 0.0843. The third-order valence-corrected chi connectivity index (χ3v) is 12.9. The number of anilines is 2. The minimum Gasteiger partial charge on any atom is -0.508 e. The predicted molar refractivity (Wildman–Crippen MR) is 209 cm³/mol. The second-order valence-corrected chi connectivity index (χ2v) is 15.5. The zero-order valence-electron chi connectivity index (χ0n) is 30.4. The van der Waals surface area contributed by atoms with Gasteiger partial charge in [-0.25, -0.2) is 9.29 Å². The van der Waals surface area contributed by atoms with E-state index < -0.39 is 62.9 Å². The van der Waals surface area contributed by atoms with Crippen LogP contribution in [-0.2, 0) is 19.2 Å². The van der Waals surface area contributed by atoms with Crippen LogP contribution in [-0.4, -0.2) is 59.8 Å². The van der Waals surface area contributed by atoms with Crippen LogP contribution >= 0.6 is 23.2 Å². The number of nitrogens with zero attached hydrogens (tertiary/aromatic N) is 2. The highest BCUT2D eigenvalue weighted by Crippen LogP contribution is 2.66. The lowest BCUT2D eigenvalue weighted by Crippen LogP contribution is -2.60. The Hall–Kier alpha value is -5.65. The molecule has 0 radical (unpaired) electrons. The van der Waals surface area contributed by atoms with Crippen LogP contribution in [0.3, 0.4) is 0 Å². The molecular formula is C43H35Cl2FN2O8. The standard InChI is InChI=1S/C43H35Cl2FN2O8/c1-54-29-15-19-34(55-2)24(20-29)7-4-23-5-10-26(11-6-23)47-38(50)32-18-17-30-33(36(32)39(47)51)22-42(44)40(52)48(27-12-8-25(46)9-13-27)41(53)43(42,45)37(30)31-16-14-28(49)21-35(31)56-3/h4-17,19-21,32-33,36-37,49H,18,22H2,1-3H3. The number of methoxy groups -OCH3 is 3. The molecule has 2 aliphatic carbocycles. The number of alkyl halides is 2. The van der Waals surface area contributed by atoms with Gasteiger partial charge in [-0.3, -0.25) is 24.1 Å². The summed E-state index contributed by atoms with van der Waals surface area (Å²) in [5.41, 5.74) is 2.95. The number of phenolic OH excluding ortho intramolecular Hbond substituents is 1. The van der Waals surface area contributed by atoms with Gasteiger partial charge in [-0.15, -0.1) is 23.2 Å². The van der Waals surface area contributed by atoms with Crippen LogP contribution in [0.2, 0.25) is 0 Å². The topological polar surface area (TPSA) is 123 Å². The highest BCUT2D eigenvalue weighted by molar-refractivity contribution is 6.58. The van der Waals surface area contributed by atoms with Crippen molar-refractivity contribution in [3.63, 3.8) is 0 Å². The van der Waals surface area contributed by atoms with Gasteiger partial charge in [-0.1, -0.05) is 42.0 Å². The molecule has 0 spiro atoms. The van der Waals surface area contributed by atoms with Gasteiger partial charge < -0.3 is 19.3 Å². The Balaban J connectivity index is 1.17. The van der Waals surface area contributed by atoms with E-state index in [4.69, 9.17) is 37.4 Å². The Morgan fingerprint density at radius 3 is 2.11 bits per heavy atom. The Morgan fingerprint density at radius 2 is 1.43 bits per heavy atom. The Morgan fingerprint density at radius 1 is 0.750 bits per heavy atom. The van der Waals surface area contributed by atoms with E-state index in [-0.39, 0.29) is 30.0 Å². The van der Waals surface area contributed by atoms with Gasteiger partial charge in [0.2, 0.25) is 11.8 Å². The third kappa shape index (κ3) is 5.50. The molecule has 1 N–H and O–H groups in total. The second kappa shape index (κ2) is 13.8. The largest absolute Gasteiger partial charge is 0.508 e. The number of halogens is 3. The highest BCUT2D eigenvalue weighted by Gasteiger charge is 2.77. The fraction of sp³-hybridized carbons (Fsp3) is 0.256. The number of allylic oxidation sites excluding steroid dienone is 2. The summed E-state index contributed by atoms with van der Waals surface area (Å²) in [7, 11) is 4.55. The van der Waals surface area contributed by atoms with Crippen LogP contribution in [0.25, 0.3) is 12.2 Å². The Kier molecular flexibility index (Phi) is 9.20. The molecule has 3 fully saturated rings. The summed E-state index contributed by atoms with van der Waals surface area (Å²) < 4.78 is 30.5. The molecule has 1 saturated carbocycles. The zero-order chi connectivity index (χ0) is 39.7. The molecular weight excluding hydrogens is 762 g/mol. The molecule has 0 aromatic heterocycles. The summed E-state index contributed by atoms with van der Waals surface area (Å²) in [6.45, 7) is 0. The monoisotopic (exact) mass is 796 g/mol. The molecule has 286 valence electrons. The van der Waals surface area contributed by atoms with Crippen LogP contribution < -0.4 is 24.0 Å². The average molecular weight is 798 g/mol. The summed E-state index contributed by atoms with van der Waals surface area (Å²) in [6, 6.07) is 21.5. The van der Waals surface area contributed by atoms with E-state index in [1.165, 1.54) is 36.3 Å². The molecule has 8 rings (SSSR count). The summed E-state index contributed by atoms with van der Waals surface area (Å²) in [5, 5.41) is 10.4. The first kappa shape index (κ1) is 37.3. The maximum Gasteiger partial charge on any atom is 0.258 e. The number of hydrogen-bond donors (Lipinski definition) is 1. The van der Waals surface area contributed by atoms with E-state index in [2.05, 4.69) is 0 Å². The fourth-order valence-electron chi connectivity index (χ4n) is 8.83. The minimum absolute atomic E-state index is 0.0707. The van der Waals surface area contributed by atoms with Crippen molar-refractivity contribution in [3.8, 4) is 23.0 Å². The average Bonchev–Trinajstić information content (AvgIpc) is 3.54. The molecule has 6 atom stereocenters. The summed E-state index contributed by atoms with van der Waals surface area (Å²) in [4.78, 5) is 55.7. The minimum atomic E-state index is -2.15. The molecule has 2 aliphatic heterocycles. The highest BCUT2D eigenvalue weighted by atomic mass is 35.5. The number of amides is 4. The van der Waals surface area contributed by atoms with Crippen molar-refractivity contribution in [2.75, 3.05) is 31.1 Å². The van der Waals surface area contributed by atoms with Gasteiger partial charge >= 0.3 is 0 Å². The van der Waals surface area contributed by atoms with E-state index in [1.807, 2.05) is 30.4 Å². The molecule has 56 heavy (non-hydrogen) atoms. The maximum atomic E-state index is 14.6. The van der Waals surface area contributed by atoms with Crippen molar-refractivity contribution >= 4 is 70.4 Å². The number of ether oxygens (including phenoxy) is 3. The van der Waals surface area contributed by atoms with E-state index in [1.54, 1.807) is 50.6 Å². The fourth-order valence-corrected chi connectivity index (χ4v) is 9.75. The lowest BCUT2D eigenvalue weighted by molar-refractivity contribution is -0.125. The van der Waals surface area contributed by atoms with Crippen LogP contribution in [0.1, 0.15) is 35.4 Å². The zero-order valence-corrected chi connectivity index (χ0v) is 31.9. The number of hydrogen-bond acceptors (Lipinski definition) is 8.